The van der Waals surface area contributed by atoms with Crippen molar-refractivity contribution in [2.24, 2.45) is 11.7 Å². The van der Waals surface area contributed by atoms with Crippen LogP contribution in [0.25, 0.3) is 0 Å². The van der Waals surface area contributed by atoms with Gasteiger partial charge < -0.3 is 15.9 Å². The number of hydrogen-bond donors (Lipinski definition) is 3. The second-order valence-corrected chi connectivity index (χ2v) is 6.44. The van der Waals surface area contributed by atoms with Gasteiger partial charge in [-0.3, -0.25) is 0 Å². The minimum Gasteiger partial charge on any atom is -0.390 e. The zero-order chi connectivity index (χ0) is 15.7. The average Bonchev–Trinajstić information content (AvgIpc) is 2.46. The molecule has 0 amide bonds. The summed E-state index contributed by atoms with van der Waals surface area (Å²) in [5, 5.41) is 19.9. The second kappa shape index (κ2) is 9.93. The van der Waals surface area contributed by atoms with Crippen molar-refractivity contribution < 1.29 is 10.2 Å². The first-order chi connectivity index (χ1) is 10.0. The van der Waals surface area contributed by atoms with Crippen molar-refractivity contribution >= 4 is 0 Å². The van der Waals surface area contributed by atoms with E-state index in [4.69, 9.17) is 5.73 Å². The van der Waals surface area contributed by atoms with E-state index in [1.165, 1.54) is 5.56 Å². The lowest BCUT2D eigenvalue weighted by Gasteiger charge is -2.25. The SMILES string of the molecule is CC(C)C[C@H](O)[C@H](O)[C@@H](N)CCCCCc1ccccc1. The standard InChI is InChI=1S/C18H31NO2/c1-14(2)13-17(20)18(21)16(19)12-8-4-7-11-15-9-5-3-6-10-15/h3,5-6,9-10,14,16-18,20-21H,4,7-8,11-13,19H2,1-2H3/t16-,17-,18+/m0/s1. The van der Waals surface area contributed by atoms with Crippen LogP contribution in [-0.2, 0) is 6.42 Å². The van der Waals surface area contributed by atoms with Crippen LogP contribution in [0.3, 0.4) is 0 Å². The molecule has 0 unspecified atom stereocenters. The molecule has 3 nitrogen and oxygen atoms in total. The molecule has 1 aromatic carbocycles. The van der Waals surface area contributed by atoms with Crippen molar-refractivity contribution in [1.82, 2.24) is 0 Å². The summed E-state index contributed by atoms with van der Waals surface area (Å²) in [6.45, 7) is 4.07. The van der Waals surface area contributed by atoms with Gasteiger partial charge in [0.15, 0.2) is 0 Å². The quantitative estimate of drug-likeness (QED) is 0.581. The molecule has 1 rings (SSSR count). The van der Waals surface area contributed by atoms with Gasteiger partial charge in [0, 0.05) is 6.04 Å². The van der Waals surface area contributed by atoms with E-state index in [2.05, 4.69) is 24.3 Å². The largest absolute Gasteiger partial charge is 0.390 e. The van der Waals surface area contributed by atoms with Gasteiger partial charge in [-0.15, -0.1) is 0 Å². The van der Waals surface area contributed by atoms with Gasteiger partial charge >= 0.3 is 0 Å². The minimum atomic E-state index is -0.804. The predicted molar refractivity (Wildman–Crippen MR) is 88.1 cm³/mol. The number of hydrogen-bond acceptors (Lipinski definition) is 3. The third-order valence-corrected chi connectivity index (χ3v) is 3.89. The molecule has 0 bridgehead atoms. The molecule has 120 valence electrons. The van der Waals surface area contributed by atoms with Crippen LogP contribution < -0.4 is 5.73 Å². The van der Waals surface area contributed by atoms with Crippen LogP contribution in [0.1, 0.15) is 51.5 Å². The van der Waals surface area contributed by atoms with E-state index in [9.17, 15) is 10.2 Å². The van der Waals surface area contributed by atoms with Crippen molar-refractivity contribution in [2.45, 2.75) is 70.6 Å². The van der Waals surface area contributed by atoms with Crippen molar-refractivity contribution in [1.29, 1.82) is 0 Å². The molecule has 0 radical (unpaired) electrons. The number of unbranched alkanes of at least 4 members (excludes halogenated alkanes) is 2. The van der Waals surface area contributed by atoms with Crippen LogP contribution in [0.4, 0.5) is 0 Å². The van der Waals surface area contributed by atoms with Crippen LogP contribution in [0.5, 0.6) is 0 Å². The van der Waals surface area contributed by atoms with E-state index in [-0.39, 0.29) is 6.04 Å². The molecule has 0 saturated heterocycles. The number of aliphatic hydroxyl groups excluding tert-OH is 2. The first-order valence-electron chi connectivity index (χ1n) is 8.16. The highest BCUT2D eigenvalue weighted by Crippen LogP contribution is 2.14. The fourth-order valence-electron chi connectivity index (χ4n) is 2.61. The van der Waals surface area contributed by atoms with Crippen molar-refractivity contribution in [3.8, 4) is 0 Å². The fraction of sp³-hybridized carbons (Fsp3) is 0.667. The molecular formula is C18H31NO2. The summed E-state index contributed by atoms with van der Waals surface area (Å²) in [5.74, 6) is 0.368. The zero-order valence-electron chi connectivity index (χ0n) is 13.4. The zero-order valence-corrected chi connectivity index (χ0v) is 13.4. The Bertz CT molecular complexity index is 367. The fourth-order valence-corrected chi connectivity index (χ4v) is 2.61. The summed E-state index contributed by atoms with van der Waals surface area (Å²) < 4.78 is 0. The molecular weight excluding hydrogens is 262 g/mol. The molecule has 0 fully saturated rings. The number of rotatable bonds is 10. The molecule has 3 heteroatoms. The van der Waals surface area contributed by atoms with Gasteiger partial charge in [-0.25, -0.2) is 0 Å². The van der Waals surface area contributed by atoms with E-state index < -0.39 is 12.2 Å². The summed E-state index contributed by atoms with van der Waals surface area (Å²) >= 11 is 0. The molecule has 0 aliphatic rings. The first-order valence-corrected chi connectivity index (χ1v) is 8.16. The maximum absolute atomic E-state index is 9.99. The highest BCUT2D eigenvalue weighted by Gasteiger charge is 2.23. The second-order valence-electron chi connectivity index (χ2n) is 6.44. The number of aliphatic hydroxyl groups is 2. The molecule has 0 aliphatic heterocycles. The molecule has 0 spiro atoms. The Morgan fingerprint density at radius 3 is 2.29 bits per heavy atom. The molecule has 4 N–H and O–H groups in total. The van der Waals surface area contributed by atoms with E-state index in [0.717, 1.165) is 32.1 Å². The number of benzene rings is 1. The van der Waals surface area contributed by atoms with E-state index in [1.807, 2.05) is 19.9 Å². The predicted octanol–water partition coefficient (Wildman–Crippen LogP) is 2.88. The lowest BCUT2D eigenvalue weighted by atomic mass is 9.94. The number of nitrogens with two attached hydrogens (primary N) is 1. The first kappa shape index (κ1) is 18.1. The molecule has 1 aromatic rings. The highest BCUT2D eigenvalue weighted by atomic mass is 16.3. The summed E-state index contributed by atoms with van der Waals surface area (Å²) in [6, 6.07) is 10.1. The Kier molecular flexibility index (Phi) is 8.58. The Balaban J connectivity index is 2.14. The maximum atomic E-state index is 9.99. The Labute approximate surface area is 129 Å². The Hall–Kier alpha value is -0.900. The normalized spacial score (nSPS) is 15.9. The molecule has 21 heavy (non-hydrogen) atoms. The lowest BCUT2D eigenvalue weighted by Crippen LogP contribution is -2.43. The number of aryl methyl sites for hydroxylation is 1. The van der Waals surface area contributed by atoms with Gasteiger partial charge in [0.2, 0.25) is 0 Å². The summed E-state index contributed by atoms with van der Waals surface area (Å²) in [5.41, 5.74) is 7.35. The summed E-state index contributed by atoms with van der Waals surface area (Å²) in [4.78, 5) is 0. The van der Waals surface area contributed by atoms with Gasteiger partial charge in [-0.2, -0.15) is 0 Å². The smallest absolute Gasteiger partial charge is 0.0949 e. The maximum Gasteiger partial charge on any atom is 0.0949 e. The third-order valence-electron chi connectivity index (χ3n) is 3.89. The lowest BCUT2D eigenvalue weighted by molar-refractivity contribution is -0.00844. The van der Waals surface area contributed by atoms with Gasteiger partial charge in [0.05, 0.1) is 12.2 Å². The van der Waals surface area contributed by atoms with Crippen molar-refractivity contribution in [2.75, 3.05) is 0 Å². The molecule has 0 saturated carbocycles. The van der Waals surface area contributed by atoms with Crippen LogP contribution in [0, 0.1) is 5.92 Å². The third kappa shape index (κ3) is 7.60. The van der Waals surface area contributed by atoms with Crippen LogP contribution in [0.15, 0.2) is 30.3 Å². The van der Waals surface area contributed by atoms with Crippen LogP contribution in [0.2, 0.25) is 0 Å². The van der Waals surface area contributed by atoms with Crippen molar-refractivity contribution in [3.05, 3.63) is 35.9 Å². The van der Waals surface area contributed by atoms with E-state index >= 15 is 0 Å². The summed E-state index contributed by atoms with van der Waals surface area (Å²) in [7, 11) is 0. The van der Waals surface area contributed by atoms with Crippen LogP contribution >= 0.6 is 0 Å². The summed E-state index contributed by atoms with van der Waals surface area (Å²) in [6.07, 6.45) is 4.20. The molecule has 3 atom stereocenters. The van der Waals surface area contributed by atoms with Gasteiger partial charge in [-0.1, -0.05) is 57.0 Å². The monoisotopic (exact) mass is 293 g/mol. The topological polar surface area (TPSA) is 66.5 Å². The molecule has 0 aliphatic carbocycles. The molecule has 0 heterocycles. The van der Waals surface area contributed by atoms with E-state index in [1.54, 1.807) is 0 Å². The Morgan fingerprint density at radius 1 is 1.00 bits per heavy atom. The highest BCUT2D eigenvalue weighted by molar-refractivity contribution is 5.14. The van der Waals surface area contributed by atoms with Gasteiger partial charge in [0.1, 0.15) is 0 Å². The average molecular weight is 293 g/mol. The van der Waals surface area contributed by atoms with Gasteiger partial charge in [-0.05, 0) is 37.2 Å². The van der Waals surface area contributed by atoms with Gasteiger partial charge in [0.25, 0.3) is 0 Å². The van der Waals surface area contributed by atoms with E-state index in [0.29, 0.717) is 12.3 Å². The minimum absolute atomic E-state index is 0.324. The molecule has 0 aromatic heterocycles. The van der Waals surface area contributed by atoms with Crippen LogP contribution in [-0.4, -0.2) is 28.5 Å². The van der Waals surface area contributed by atoms with Crippen molar-refractivity contribution in [3.63, 3.8) is 0 Å². The Morgan fingerprint density at radius 2 is 1.67 bits per heavy atom.